The molecular weight excluding hydrogens is 209 g/mol. The Kier molecular flexibility index (Phi) is 2.83. The predicted molar refractivity (Wildman–Crippen MR) is 47.9 cm³/mol. The summed E-state index contributed by atoms with van der Waals surface area (Å²) in [5.74, 6) is 0. The second-order valence-electron chi connectivity index (χ2n) is 3.11. The molecular formula is C9H9F3N2O. The van der Waals surface area contributed by atoms with Crippen molar-refractivity contribution in [2.24, 2.45) is 11.5 Å². The Morgan fingerprint density at radius 1 is 1.07 bits per heavy atom. The average Bonchev–Trinajstić information content (AvgIpc) is 2.16. The van der Waals surface area contributed by atoms with Gasteiger partial charge in [-0.15, -0.1) is 0 Å². The molecule has 0 amide bonds. The number of benzene rings is 1. The third-order valence-electron chi connectivity index (χ3n) is 1.99. The first-order valence-electron chi connectivity index (χ1n) is 3.99. The molecule has 3 nitrogen and oxygen atoms in total. The van der Waals surface area contributed by atoms with E-state index in [0.29, 0.717) is 6.29 Å². The molecule has 0 aliphatic heterocycles. The van der Waals surface area contributed by atoms with Gasteiger partial charge in [0, 0.05) is 5.56 Å². The van der Waals surface area contributed by atoms with Crippen LogP contribution in [0.3, 0.4) is 0 Å². The van der Waals surface area contributed by atoms with Gasteiger partial charge in [0.15, 0.2) is 5.66 Å². The van der Waals surface area contributed by atoms with Crippen molar-refractivity contribution in [3.05, 3.63) is 35.4 Å². The normalized spacial score (nSPS) is 12.6. The summed E-state index contributed by atoms with van der Waals surface area (Å²) in [6.45, 7) is 0. The monoisotopic (exact) mass is 218 g/mol. The largest absolute Gasteiger partial charge is 0.423 e. The molecule has 0 unspecified atom stereocenters. The van der Waals surface area contributed by atoms with Crippen molar-refractivity contribution in [2.45, 2.75) is 11.8 Å². The highest BCUT2D eigenvalue weighted by molar-refractivity contribution is 5.74. The molecule has 0 radical (unpaired) electrons. The molecule has 6 heteroatoms. The summed E-state index contributed by atoms with van der Waals surface area (Å²) in [4.78, 5) is 10.3. The first-order valence-corrected chi connectivity index (χ1v) is 3.99. The zero-order valence-electron chi connectivity index (χ0n) is 7.58. The highest BCUT2D eigenvalue weighted by Crippen LogP contribution is 2.32. The van der Waals surface area contributed by atoms with E-state index in [9.17, 15) is 18.0 Å². The number of nitrogens with two attached hydrogens (primary N) is 2. The molecule has 0 spiro atoms. The van der Waals surface area contributed by atoms with Gasteiger partial charge in [0.1, 0.15) is 6.29 Å². The van der Waals surface area contributed by atoms with Gasteiger partial charge in [0.25, 0.3) is 0 Å². The lowest BCUT2D eigenvalue weighted by atomic mass is 10.00. The summed E-state index contributed by atoms with van der Waals surface area (Å²) in [7, 11) is 0. The van der Waals surface area contributed by atoms with Gasteiger partial charge in [-0.05, 0) is 5.56 Å². The summed E-state index contributed by atoms with van der Waals surface area (Å²) in [6, 6.07) is 4.61. The fraction of sp³-hybridized carbons (Fsp3) is 0.222. The lowest BCUT2D eigenvalue weighted by Crippen LogP contribution is -2.57. The highest BCUT2D eigenvalue weighted by Gasteiger charge is 2.50. The van der Waals surface area contributed by atoms with Crippen LogP contribution in [0.2, 0.25) is 0 Å². The van der Waals surface area contributed by atoms with Crippen LogP contribution >= 0.6 is 0 Å². The van der Waals surface area contributed by atoms with E-state index in [1.807, 2.05) is 0 Å². The van der Waals surface area contributed by atoms with E-state index in [0.717, 1.165) is 12.1 Å². The molecule has 82 valence electrons. The van der Waals surface area contributed by atoms with E-state index in [1.54, 1.807) is 0 Å². The Bertz CT molecular complexity index is 357. The molecule has 0 aliphatic rings. The number of halogens is 3. The van der Waals surface area contributed by atoms with Gasteiger partial charge in [-0.1, -0.05) is 24.3 Å². The molecule has 0 heterocycles. The highest BCUT2D eigenvalue weighted by atomic mass is 19.4. The molecule has 0 bridgehead atoms. The van der Waals surface area contributed by atoms with Crippen LogP contribution in [0, 0.1) is 0 Å². The van der Waals surface area contributed by atoms with Gasteiger partial charge >= 0.3 is 6.18 Å². The lowest BCUT2D eigenvalue weighted by molar-refractivity contribution is -0.188. The SMILES string of the molecule is NC(N)(c1ccc(C=O)cc1)C(F)(F)F. The van der Waals surface area contributed by atoms with Gasteiger partial charge in [0.2, 0.25) is 0 Å². The standard InChI is InChI=1S/C9H9F3N2O/c10-9(11,12)8(13,14)7-3-1-6(5-15)2-4-7/h1-5H,13-14H2. The van der Waals surface area contributed by atoms with Crippen LogP contribution in [-0.2, 0) is 5.66 Å². The number of hydrogen-bond acceptors (Lipinski definition) is 3. The van der Waals surface area contributed by atoms with Crippen LogP contribution in [-0.4, -0.2) is 12.5 Å². The predicted octanol–water partition coefficient (Wildman–Crippen LogP) is 1.13. The quantitative estimate of drug-likeness (QED) is 0.577. The number of hydrogen-bond donors (Lipinski definition) is 2. The molecule has 0 saturated carbocycles. The van der Waals surface area contributed by atoms with Crippen LogP contribution < -0.4 is 11.5 Å². The van der Waals surface area contributed by atoms with Gasteiger partial charge in [-0.2, -0.15) is 13.2 Å². The van der Waals surface area contributed by atoms with E-state index in [4.69, 9.17) is 11.5 Å². The summed E-state index contributed by atoms with van der Waals surface area (Å²) in [5.41, 5.74) is 7.02. The minimum absolute atomic E-state index is 0.261. The van der Waals surface area contributed by atoms with E-state index >= 15 is 0 Å². The summed E-state index contributed by atoms with van der Waals surface area (Å²) in [6.07, 6.45) is -4.22. The summed E-state index contributed by atoms with van der Waals surface area (Å²) >= 11 is 0. The molecule has 0 aliphatic carbocycles. The van der Waals surface area contributed by atoms with Crippen LogP contribution in [0.15, 0.2) is 24.3 Å². The maximum atomic E-state index is 12.4. The third kappa shape index (κ3) is 2.16. The molecule has 0 atom stereocenters. The van der Waals surface area contributed by atoms with Crippen molar-refractivity contribution >= 4 is 6.29 Å². The molecule has 0 saturated heterocycles. The Labute approximate surface area is 83.9 Å². The van der Waals surface area contributed by atoms with E-state index in [2.05, 4.69) is 0 Å². The van der Waals surface area contributed by atoms with Crippen molar-refractivity contribution in [1.29, 1.82) is 0 Å². The van der Waals surface area contributed by atoms with Gasteiger partial charge in [-0.3, -0.25) is 4.79 Å². The van der Waals surface area contributed by atoms with E-state index in [1.165, 1.54) is 12.1 Å². The molecule has 0 aromatic heterocycles. The number of aldehydes is 1. The van der Waals surface area contributed by atoms with Crippen molar-refractivity contribution in [1.82, 2.24) is 0 Å². The second kappa shape index (κ2) is 3.63. The maximum Gasteiger partial charge on any atom is 0.423 e. The Hall–Kier alpha value is -1.40. The number of alkyl halides is 3. The zero-order chi connectivity index (χ0) is 11.7. The third-order valence-corrected chi connectivity index (χ3v) is 1.99. The fourth-order valence-corrected chi connectivity index (χ4v) is 1.00. The molecule has 4 N–H and O–H groups in total. The molecule has 0 fully saturated rings. The van der Waals surface area contributed by atoms with Crippen molar-refractivity contribution in [3.63, 3.8) is 0 Å². The van der Waals surface area contributed by atoms with Crippen LogP contribution in [0.5, 0.6) is 0 Å². The molecule has 1 rings (SSSR count). The fourth-order valence-electron chi connectivity index (χ4n) is 1.00. The van der Waals surface area contributed by atoms with Gasteiger partial charge < -0.3 is 11.5 Å². The van der Waals surface area contributed by atoms with Gasteiger partial charge in [0.05, 0.1) is 0 Å². The van der Waals surface area contributed by atoms with Crippen molar-refractivity contribution < 1.29 is 18.0 Å². The van der Waals surface area contributed by atoms with Gasteiger partial charge in [-0.25, -0.2) is 0 Å². The minimum Gasteiger partial charge on any atom is -0.302 e. The Balaban J connectivity index is 3.11. The molecule has 15 heavy (non-hydrogen) atoms. The van der Waals surface area contributed by atoms with Crippen molar-refractivity contribution in [3.8, 4) is 0 Å². The first-order chi connectivity index (χ1) is 6.79. The minimum atomic E-state index is -4.74. The topological polar surface area (TPSA) is 69.1 Å². The maximum absolute atomic E-state index is 12.4. The number of carbonyl (C=O) groups excluding carboxylic acids is 1. The van der Waals surface area contributed by atoms with Crippen LogP contribution in [0.4, 0.5) is 13.2 Å². The van der Waals surface area contributed by atoms with E-state index < -0.39 is 11.8 Å². The van der Waals surface area contributed by atoms with Crippen LogP contribution in [0.1, 0.15) is 15.9 Å². The Morgan fingerprint density at radius 2 is 1.53 bits per heavy atom. The summed E-state index contributed by atoms with van der Waals surface area (Å²) in [5, 5.41) is 0. The Morgan fingerprint density at radius 3 is 1.87 bits per heavy atom. The van der Waals surface area contributed by atoms with E-state index in [-0.39, 0.29) is 11.1 Å². The second-order valence-corrected chi connectivity index (χ2v) is 3.11. The smallest absolute Gasteiger partial charge is 0.302 e. The average molecular weight is 218 g/mol. The zero-order valence-corrected chi connectivity index (χ0v) is 7.58. The molecule has 1 aromatic rings. The first kappa shape index (κ1) is 11.7. The summed E-state index contributed by atoms with van der Waals surface area (Å²) < 4.78 is 37.1. The van der Waals surface area contributed by atoms with Crippen molar-refractivity contribution in [2.75, 3.05) is 0 Å². The van der Waals surface area contributed by atoms with Crippen LogP contribution in [0.25, 0.3) is 0 Å². The number of carbonyl (C=O) groups is 1. The molecule has 1 aromatic carbocycles. The number of rotatable bonds is 2. The lowest BCUT2D eigenvalue weighted by Gasteiger charge is -2.27.